The van der Waals surface area contributed by atoms with Gasteiger partial charge in [-0.15, -0.1) is 0 Å². The lowest BCUT2D eigenvalue weighted by molar-refractivity contribution is -0.0447. The highest BCUT2D eigenvalue weighted by atomic mass is 79.9. The number of nitrogens with zero attached hydrogens (tertiary/aromatic N) is 1. The molecule has 1 saturated heterocycles. The first-order valence-corrected chi connectivity index (χ1v) is 6.69. The molecule has 1 aliphatic rings. The van der Waals surface area contributed by atoms with Crippen molar-refractivity contribution in [3.05, 3.63) is 33.8 Å². The Kier molecular flexibility index (Phi) is 4.37. The number of benzene rings is 1. The summed E-state index contributed by atoms with van der Waals surface area (Å²) in [5.74, 6) is 0.00162. The molecule has 1 unspecified atom stereocenters. The number of aryl methyl sites for hydroxylation is 1. The zero-order valence-electron chi connectivity index (χ0n) is 10.2. The van der Waals surface area contributed by atoms with E-state index in [-0.39, 0.29) is 18.6 Å². The maximum Gasteiger partial charge on any atom is 0.254 e. The lowest BCUT2D eigenvalue weighted by atomic mass is 10.1. The standard InChI is InChI=1S/C13H16BrNO3/c1-9-6-10(14)2-3-12(9)13(17)15-4-5-18-11(7-15)8-16/h2-3,6,11,16H,4-5,7-8H2,1H3. The van der Waals surface area contributed by atoms with Crippen molar-refractivity contribution < 1.29 is 14.6 Å². The van der Waals surface area contributed by atoms with E-state index in [1.165, 1.54) is 0 Å². The minimum atomic E-state index is -0.265. The second-order valence-corrected chi connectivity index (χ2v) is 5.30. The van der Waals surface area contributed by atoms with Gasteiger partial charge in [-0.25, -0.2) is 0 Å². The number of ether oxygens (including phenoxy) is 1. The molecule has 1 aliphatic heterocycles. The second kappa shape index (κ2) is 5.82. The van der Waals surface area contributed by atoms with Gasteiger partial charge < -0.3 is 14.7 Å². The van der Waals surface area contributed by atoms with Crippen LogP contribution < -0.4 is 0 Å². The third-order valence-electron chi connectivity index (χ3n) is 3.05. The summed E-state index contributed by atoms with van der Waals surface area (Å²) in [6, 6.07) is 5.62. The normalized spacial score (nSPS) is 19.9. The fourth-order valence-corrected chi connectivity index (χ4v) is 2.53. The summed E-state index contributed by atoms with van der Waals surface area (Å²) in [6.07, 6.45) is -0.265. The smallest absolute Gasteiger partial charge is 0.254 e. The van der Waals surface area contributed by atoms with Crippen LogP contribution in [0.1, 0.15) is 15.9 Å². The van der Waals surface area contributed by atoms with E-state index in [1.54, 1.807) is 4.90 Å². The zero-order chi connectivity index (χ0) is 13.1. The molecule has 18 heavy (non-hydrogen) atoms. The summed E-state index contributed by atoms with van der Waals surface area (Å²) >= 11 is 3.38. The number of aliphatic hydroxyl groups excluding tert-OH is 1. The predicted octanol–water partition coefficient (Wildman–Crippen LogP) is 1.59. The number of morpholine rings is 1. The molecule has 1 aromatic carbocycles. The molecule has 2 rings (SSSR count). The van der Waals surface area contributed by atoms with Crippen LogP contribution in [0.25, 0.3) is 0 Å². The summed E-state index contributed by atoms with van der Waals surface area (Å²) < 4.78 is 6.31. The Labute approximate surface area is 115 Å². The maximum absolute atomic E-state index is 12.4. The average Bonchev–Trinajstić information content (AvgIpc) is 2.38. The number of amides is 1. The van der Waals surface area contributed by atoms with E-state index in [1.807, 2.05) is 25.1 Å². The van der Waals surface area contributed by atoms with Crippen molar-refractivity contribution in [1.82, 2.24) is 4.90 Å². The van der Waals surface area contributed by atoms with Crippen molar-refractivity contribution in [3.8, 4) is 0 Å². The van der Waals surface area contributed by atoms with Crippen LogP contribution in [0.3, 0.4) is 0 Å². The van der Waals surface area contributed by atoms with Crippen molar-refractivity contribution in [1.29, 1.82) is 0 Å². The molecular formula is C13H16BrNO3. The highest BCUT2D eigenvalue weighted by molar-refractivity contribution is 9.10. The van der Waals surface area contributed by atoms with Crippen molar-refractivity contribution in [2.24, 2.45) is 0 Å². The van der Waals surface area contributed by atoms with E-state index >= 15 is 0 Å². The average molecular weight is 314 g/mol. The Morgan fingerprint density at radius 1 is 1.61 bits per heavy atom. The molecule has 1 amide bonds. The molecule has 0 spiro atoms. The number of carbonyl (C=O) groups is 1. The van der Waals surface area contributed by atoms with Crippen LogP contribution in [-0.2, 0) is 4.74 Å². The molecule has 0 bridgehead atoms. The molecule has 1 aromatic rings. The molecular weight excluding hydrogens is 298 g/mol. The van der Waals surface area contributed by atoms with E-state index in [4.69, 9.17) is 9.84 Å². The highest BCUT2D eigenvalue weighted by Crippen LogP contribution is 2.18. The van der Waals surface area contributed by atoms with Gasteiger partial charge in [0, 0.05) is 23.1 Å². The van der Waals surface area contributed by atoms with E-state index < -0.39 is 0 Å². The highest BCUT2D eigenvalue weighted by Gasteiger charge is 2.25. The number of rotatable bonds is 2. The molecule has 1 N–H and O–H groups in total. The van der Waals surface area contributed by atoms with Crippen molar-refractivity contribution in [3.63, 3.8) is 0 Å². The van der Waals surface area contributed by atoms with Gasteiger partial charge in [-0.1, -0.05) is 15.9 Å². The van der Waals surface area contributed by atoms with Crippen LogP contribution in [-0.4, -0.2) is 48.3 Å². The Morgan fingerprint density at radius 3 is 3.06 bits per heavy atom. The van der Waals surface area contributed by atoms with Crippen LogP contribution in [0.4, 0.5) is 0 Å². The molecule has 0 saturated carbocycles. The van der Waals surface area contributed by atoms with Gasteiger partial charge in [0.25, 0.3) is 5.91 Å². The van der Waals surface area contributed by atoms with Gasteiger partial charge in [0.1, 0.15) is 0 Å². The minimum Gasteiger partial charge on any atom is -0.394 e. The maximum atomic E-state index is 12.4. The SMILES string of the molecule is Cc1cc(Br)ccc1C(=O)N1CCOC(CO)C1. The van der Waals surface area contributed by atoms with Gasteiger partial charge in [-0.3, -0.25) is 4.79 Å². The Hall–Kier alpha value is -0.910. The monoisotopic (exact) mass is 313 g/mol. The largest absolute Gasteiger partial charge is 0.394 e. The van der Waals surface area contributed by atoms with Gasteiger partial charge in [0.2, 0.25) is 0 Å². The van der Waals surface area contributed by atoms with Crippen molar-refractivity contribution in [2.45, 2.75) is 13.0 Å². The van der Waals surface area contributed by atoms with Crippen molar-refractivity contribution >= 4 is 21.8 Å². The quantitative estimate of drug-likeness (QED) is 0.902. The van der Waals surface area contributed by atoms with Crippen LogP contribution in [0.5, 0.6) is 0 Å². The van der Waals surface area contributed by atoms with Crippen LogP contribution in [0.15, 0.2) is 22.7 Å². The third kappa shape index (κ3) is 2.91. The third-order valence-corrected chi connectivity index (χ3v) is 3.54. The fourth-order valence-electron chi connectivity index (χ4n) is 2.05. The number of hydrogen-bond donors (Lipinski definition) is 1. The number of carbonyl (C=O) groups excluding carboxylic acids is 1. The molecule has 0 aliphatic carbocycles. The Bertz CT molecular complexity index is 450. The van der Waals surface area contributed by atoms with E-state index in [0.717, 1.165) is 10.0 Å². The van der Waals surface area contributed by atoms with Gasteiger partial charge in [-0.05, 0) is 30.7 Å². The lowest BCUT2D eigenvalue weighted by Crippen LogP contribution is -2.47. The summed E-state index contributed by atoms with van der Waals surface area (Å²) in [5, 5.41) is 9.08. The van der Waals surface area contributed by atoms with Crippen molar-refractivity contribution in [2.75, 3.05) is 26.3 Å². The van der Waals surface area contributed by atoms with E-state index in [9.17, 15) is 4.79 Å². The Balaban J connectivity index is 2.15. The van der Waals surface area contributed by atoms with Gasteiger partial charge >= 0.3 is 0 Å². The molecule has 5 heteroatoms. The molecule has 0 radical (unpaired) electrons. The number of hydrogen-bond acceptors (Lipinski definition) is 3. The minimum absolute atomic E-state index is 0.00162. The van der Waals surface area contributed by atoms with Crippen LogP contribution >= 0.6 is 15.9 Å². The van der Waals surface area contributed by atoms with Crippen LogP contribution in [0.2, 0.25) is 0 Å². The first kappa shape index (κ1) is 13.5. The Morgan fingerprint density at radius 2 is 2.39 bits per heavy atom. The summed E-state index contributed by atoms with van der Waals surface area (Å²) in [7, 11) is 0. The number of aliphatic hydroxyl groups is 1. The molecule has 98 valence electrons. The first-order valence-electron chi connectivity index (χ1n) is 5.89. The summed E-state index contributed by atoms with van der Waals surface area (Å²) in [4.78, 5) is 14.1. The summed E-state index contributed by atoms with van der Waals surface area (Å²) in [5.41, 5.74) is 1.65. The van der Waals surface area contributed by atoms with Gasteiger partial charge in [0.05, 0.1) is 19.3 Å². The first-order chi connectivity index (χ1) is 8.61. The fraction of sp³-hybridized carbons (Fsp3) is 0.462. The van der Waals surface area contributed by atoms with Gasteiger partial charge in [0.15, 0.2) is 0 Å². The molecule has 1 fully saturated rings. The zero-order valence-corrected chi connectivity index (χ0v) is 11.8. The number of halogens is 1. The van der Waals surface area contributed by atoms with Gasteiger partial charge in [-0.2, -0.15) is 0 Å². The van der Waals surface area contributed by atoms with E-state index in [0.29, 0.717) is 25.3 Å². The molecule has 0 aromatic heterocycles. The lowest BCUT2D eigenvalue weighted by Gasteiger charge is -2.32. The molecule has 1 heterocycles. The predicted molar refractivity (Wildman–Crippen MR) is 71.6 cm³/mol. The van der Waals surface area contributed by atoms with E-state index in [2.05, 4.69) is 15.9 Å². The molecule has 4 nitrogen and oxygen atoms in total. The topological polar surface area (TPSA) is 49.8 Å². The molecule has 1 atom stereocenters. The summed E-state index contributed by atoms with van der Waals surface area (Å²) in [6.45, 7) is 3.37. The van der Waals surface area contributed by atoms with Crippen LogP contribution in [0, 0.1) is 6.92 Å². The second-order valence-electron chi connectivity index (χ2n) is 4.39.